The lowest BCUT2D eigenvalue weighted by Gasteiger charge is -2.27. The molecule has 10 heteroatoms. The third kappa shape index (κ3) is 16.5. The molecule has 12 N–H and O–H groups in total. The number of hydrogen-bond donors (Lipinski definition) is 7. The van der Waals surface area contributed by atoms with Crippen molar-refractivity contribution in [3.05, 3.63) is 0 Å². The van der Waals surface area contributed by atoms with Gasteiger partial charge in [-0.05, 0) is 0 Å². The molecule has 0 aromatic rings. The molecule has 0 aromatic heterocycles. The Labute approximate surface area is 172 Å². The predicted molar refractivity (Wildman–Crippen MR) is 120 cm³/mol. The minimum absolute atomic E-state index is 0.668. The van der Waals surface area contributed by atoms with Gasteiger partial charge in [-0.15, -0.1) is 0 Å². The normalized spacial score (nSPS) is 12.0. The zero-order valence-electron chi connectivity index (χ0n) is 18.0. The Hall–Kier alpha value is -0.400. The van der Waals surface area contributed by atoms with Crippen molar-refractivity contribution < 1.29 is 0 Å². The highest BCUT2D eigenvalue weighted by atomic mass is 15.2. The van der Waals surface area contributed by atoms with E-state index in [1.807, 2.05) is 0 Å². The molecule has 0 atom stereocenters. The first-order valence-electron chi connectivity index (χ1n) is 10.8. The Morgan fingerprint density at radius 1 is 0.357 bits per heavy atom. The Morgan fingerprint density at radius 3 is 0.964 bits per heavy atom. The van der Waals surface area contributed by atoms with Crippen LogP contribution in [0.15, 0.2) is 0 Å². The molecule has 0 bridgehead atoms. The number of hydrogen-bond acceptors (Lipinski definition) is 10. The van der Waals surface area contributed by atoms with Gasteiger partial charge in [0.2, 0.25) is 0 Å². The Kier molecular flexibility index (Phi) is 21.0. The molecule has 0 aliphatic heterocycles. The molecule has 10 nitrogen and oxygen atoms in total. The van der Waals surface area contributed by atoms with Crippen molar-refractivity contribution in [2.24, 2.45) is 28.7 Å². The molecule has 0 aliphatic rings. The summed E-state index contributed by atoms with van der Waals surface area (Å²) in [6.45, 7) is 15.7. The van der Waals surface area contributed by atoms with Crippen molar-refractivity contribution in [1.82, 2.24) is 25.3 Å². The fourth-order valence-corrected chi connectivity index (χ4v) is 3.10. The SMILES string of the molecule is NCCN(CCN)CCNCCNCCN(CCN)CCN(CCN)CCN. The lowest BCUT2D eigenvalue weighted by Crippen LogP contribution is -2.43. The van der Waals surface area contributed by atoms with Crippen LogP contribution in [0.2, 0.25) is 0 Å². The van der Waals surface area contributed by atoms with Crippen molar-refractivity contribution in [1.29, 1.82) is 0 Å². The van der Waals surface area contributed by atoms with E-state index in [0.717, 1.165) is 85.1 Å². The van der Waals surface area contributed by atoms with Crippen molar-refractivity contribution in [3.8, 4) is 0 Å². The fourth-order valence-electron chi connectivity index (χ4n) is 3.10. The molecule has 0 amide bonds. The summed E-state index contributed by atoms with van der Waals surface area (Å²) >= 11 is 0. The first kappa shape index (κ1) is 27.6. The van der Waals surface area contributed by atoms with Gasteiger partial charge < -0.3 is 39.3 Å². The molecule has 0 rings (SSSR count). The molecule has 0 unspecified atom stereocenters. The van der Waals surface area contributed by atoms with Gasteiger partial charge in [0.25, 0.3) is 0 Å². The largest absolute Gasteiger partial charge is 0.329 e. The second-order valence-electron chi connectivity index (χ2n) is 6.97. The third-order valence-corrected chi connectivity index (χ3v) is 4.65. The maximum absolute atomic E-state index is 5.76. The third-order valence-electron chi connectivity index (χ3n) is 4.65. The number of rotatable bonds is 22. The number of nitrogens with one attached hydrogen (secondary N) is 2. The van der Waals surface area contributed by atoms with Crippen LogP contribution in [0.3, 0.4) is 0 Å². The minimum Gasteiger partial charge on any atom is -0.329 e. The Morgan fingerprint density at radius 2 is 0.643 bits per heavy atom. The summed E-state index contributed by atoms with van der Waals surface area (Å²) in [6.07, 6.45) is 0. The van der Waals surface area contributed by atoms with Crippen molar-refractivity contribution >= 4 is 0 Å². The number of nitrogens with zero attached hydrogens (tertiary/aromatic N) is 3. The van der Waals surface area contributed by atoms with Crippen LogP contribution in [0.1, 0.15) is 0 Å². The summed E-state index contributed by atoms with van der Waals surface area (Å²) in [4.78, 5) is 7.02. The van der Waals surface area contributed by atoms with E-state index in [1.54, 1.807) is 0 Å². The standard InChI is InChI=1S/C18H48N10/c19-1-10-26(11-2-20)15-8-24-6-7-25-9-16-28(14-5-23)18-17-27(12-3-21)13-4-22/h24-25H,1-23H2. The summed E-state index contributed by atoms with van der Waals surface area (Å²) in [5.41, 5.74) is 28.3. The molecule has 0 heterocycles. The molecule has 0 saturated carbocycles. The van der Waals surface area contributed by atoms with Gasteiger partial charge in [-0.1, -0.05) is 0 Å². The van der Waals surface area contributed by atoms with E-state index in [2.05, 4.69) is 25.3 Å². The maximum Gasteiger partial charge on any atom is 0.0110 e. The smallest absolute Gasteiger partial charge is 0.0110 e. The zero-order valence-corrected chi connectivity index (χ0v) is 18.0. The van der Waals surface area contributed by atoms with Gasteiger partial charge in [-0.3, -0.25) is 14.7 Å². The van der Waals surface area contributed by atoms with E-state index < -0.39 is 0 Å². The lowest BCUT2D eigenvalue weighted by molar-refractivity contribution is 0.212. The van der Waals surface area contributed by atoms with E-state index >= 15 is 0 Å². The summed E-state index contributed by atoms with van der Waals surface area (Å²) in [5, 5.41) is 6.96. The van der Waals surface area contributed by atoms with E-state index in [1.165, 1.54) is 0 Å². The molecule has 0 fully saturated rings. The van der Waals surface area contributed by atoms with Crippen LogP contribution in [-0.2, 0) is 0 Å². The molecule has 0 aliphatic carbocycles. The number of nitrogens with two attached hydrogens (primary N) is 5. The van der Waals surface area contributed by atoms with Crippen LogP contribution < -0.4 is 39.3 Å². The second kappa shape index (κ2) is 21.3. The van der Waals surface area contributed by atoms with Gasteiger partial charge in [0.15, 0.2) is 0 Å². The molecule has 0 saturated heterocycles. The molecule has 28 heavy (non-hydrogen) atoms. The van der Waals surface area contributed by atoms with Gasteiger partial charge >= 0.3 is 0 Å². The van der Waals surface area contributed by atoms with E-state index in [-0.39, 0.29) is 0 Å². The molecule has 0 radical (unpaired) electrons. The average molecular weight is 405 g/mol. The Bertz CT molecular complexity index is 296. The van der Waals surface area contributed by atoms with Crippen LogP contribution in [0, 0.1) is 0 Å². The van der Waals surface area contributed by atoms with Gasteiger partial charge in [0.1, 0.15) is 0 Å². The highest BCUT2D eigenvalue weighted by molar-refractivity contribution is 4.67. The quantitative estimate of drug-likeness (QED) is 0.0881. The van der Waals surface area contributed by atoms with E-state index in [9.17, 15) is 0 Å². The minimum atomic E-state index is 0.668. The van der Waals surface area contributed by atoms with Gasteiger partial charge in [-0.2, -0.15) is 0 Å². The van der Waals surface area contributed by atoms with E-state index in [0.29, 0.717) is 32.7 Å². The van der Waals surface area contributed by atoms with Crippen molar-refractivity contribution in [2.45, 2.75) is 0 Å². The fraction of sp³-hybridized carbons (Fsp3) is 1.00. The highest BCUT2D eigenvalue weighted by Gasteiger charge is 2.08. The molecule has 0 aromatic carbocycles. The second-order valence-corrected chi connectivity index (χ2v) is 6.97. The van der Waals surface area contributed by atoms with Gasteiger partial charge in [-0.25, -0.2) is 0 Å². The van der Waals surface area contributed by atoms with Crippen LogP contribution >= 0.6 is 0 Å². The first-order valence-corrected chi connectivity index (χ1v) is 10.8. The lowest BCUT2D eigenvalue weighted by atomic mass is 10.3. The molecular weight excluding hydrogens is 356 g/mol. The summed E-state index contributed by atoms with van der Waals surface area (Å²) < 4.78 is 0. The first-order chi connectivity index (χ1) is 13.7. The average Bonchev–Trinajstić information content (AvgIpc) is 2.68. The predicted octanol–water partition coefficient (Wildman–Crippen LogP) is -4.13. The van der Waals surface area contributed by atoms with Crippen molar-refractivity contribution in [3.63, 3.8) is 0 Å². The van der Waals surface area contributed by atoms with E-state index in [4.69, 9.17) is 28.7 Å². The van der Waals surface area contributed by atoms with Crippen LogP contribution in [0.25, 0.3) is 0 Å². The summed E-state index contributed by atoms with van der Waals surface area (Å²) in [5.74, 6) is 0. The molecule has 170 valence electrons. The maximum atomic E-state index is 5.76. The topological polar surface area (TPSA) is 164 Å². The monoisotopic (exact) mass is 404 g/mol. The molecular formula is C18H48N10. The summed E-state index contributed by atoms with van der Waals surface area (Å²) in [6, 6.07) is 0. The van der Waals surface area contributed by atoms with Crippen molar-refractivity contribution in [2.75, 3.05) is 118 Å². The van der Waals surface area contributed by atoms with Crippen LogP contribution in [-0.4, -0.2) is 133 Å². The molecule has 0 spiro atoms. The summed E-state index contributed by atoms with van der Waals surface area (Å²) in [7, 11) is 0. The van der Waals surface area contributed by atoms with Gasteiger partial charge in [0.05, 0.1) is 0 Å². The van der Waals surface area contributed by atoms with Gasteiger partial charge in [0, 0.05) is 118 Å². The zero-order chi connectivity index (χ0) is 20.9. The van der Waals surface area contributed by atoms with Crippen LogP contribution in [0.4, 0.5) is 0 Å². The Balaban J connectivity index is 3.79. The highest BCUT2D eigenvalue weighted by Crippen LogP contribution is 1.91. The van der Waals surface area contributed by atoms with Crippen LogP contribution in [0.5, 0.6) is 0 Å².